The fourth-order valence-electron chi connectivity index (χ4n) is 2.31. The van der Waals surface area contributed by atoms with Crippen molar-refractivity contribution in [3.8, 4) is 0 Å². The molecule has 0 spiro atoms. The molecule has 0 amide bonds. The molecule has 0 aromatic carbocycles. The van der Waals surface area contributed by atoms with E-state index in [0.29, 0.717) is 4.57 Å². The molecular formula is C13H18N4O9. The second-order valence-corrected chi connectivity index (χ2v) is 5.52. The average molecular weight is 374 g/mol. The molecule has 0 aliphatic heterocycles. The van der Waals surface area contributed by atoms with Gasteiger partial charge in [0.1, 0.15) is 35.8 Å². The van der Waals surface area contributed by atoms with Gasteiger partial charge < -0.3 is 30.6 Å². The molecule has 0 fully saturated rings. The molecule has 0 saturated heterocycles. The number of aromatic amines is 2. The van der Waals surface area contributed by atoms with Crippen molar-refractivity contribution in [1.29, 1.82) is 0 Å². The van der Waals surface area contributed by atoms with E-state index < -0.39 is 77.8 Å². The van der Waals surface area contributed by atoms with Crippen molar-refractivity contribution in [1.82, 2.24) is 19.5 Å². The Morgan fingerprint density at radius 2 is 1.62 bits per heavy atom. The van der Waals surface area contributed by atoms with Crippen molar-refractivity contribution in [2.75, 3.05) is 13.2 Å². The van der Waals surface area contributed by atoms with Crippen LogP contribution in [0.3, 0.4) is 0 Å². The summed E-state index contributed by atoms with van der Waals surface area (Å²) in [6.07, 6.45) is -7.09. The Labute approximate surface area is 143 Å². The first-order chi connectivity index (χ1) is 12.2. The zero-order chi connectivity index (χ0) is 19.6. The summed E-state index contributed by atoms with van der Waals surface area (Å²) < 4.78 is 0.658. The van der Waals surface area contributed by atoms with Crippen LogP contribution in [0.2, 0.25) is 0 Å². The topological polar surface area (TPSA) is 222 Å². The first kappa shape index (κ1) is 19.9. The lowest BCUT2D eigenvalue weighted by atomic mass is 10.1. The van der Waals surface area contributed by atoms with Crippen LogP contribution < -0.4 is 16.8 Å². The highest BCUT2D eigenvalue weighted by Gasteiger charge is 2.27. The van der Waals surface area contributed by atoms with Crippen molar-refractivity contribution >= 4 is 11.2 Å². The minimum atomic E-state index is -1.85. The third-order valence-electron chi connectivity index (χ3n) is 3.70. The number of aromatic nitrogens is 4. The molecule has 4 atom stereocenters. The van der Waals surface area contributed by atoms with Gasteiger partial charge in [-0.05, 0) is 0 Å². The molecule has 2 heterocycles. The van der Waals surface area contributed by atoms with Gasteiger partial charge in [0.05, 0.1) is 19.8 Å². The Kier molecular flexibility index (Phi) is 6.01. The summed E-state index contributed by atoms with van der Waals surface area (Å²) in [7, 11) is 0. The zero-order valence-electron chi connectivity index (χ0n) is 13.2. The van der Waals surface area contributed by atoms with E-state index in [2.05, 4.69) is 9.97 Å². The Morgan fingerprint density at radius 1 is 0.962 bits per heavy atom. The fraction of sp³-hybridized carbons (Fsp3) is 0.538. The van der Waals surface area contributed by atoms with Gasteiger partial charge in [-0.25, -0.2) is 9.78 Å². The van der Waals surface area contributed by atoms with Crippen molar-refractivity contribution in [2.24, 2.45) is 0 Å². The predicted octanol–water partition coefficient (Wildman–Crippen LogP) is -5.13. The van der Waals surface area contributed by atoms with Gasteiger partial charge in [0.2, 0.25) is 0 Å². The van der Waals surface area contributed by atoms with Crippen LogP contribution in [-0.2, 0) is 6.54 Å². The second-order valence-electron chi connectivity index (χ2n) is 5.52. The van der Waals surface area contributed by atoms with E-state index in [1.165, 1.54) is 0 Å². The molecule has 8 N–H and O–H groups in total. The molecule has 13 heteroatoms. The maximum absolute atomic E-state index is 12.5. The molecule has 2 aromatic heterocycles. The van der Waals surface area contributed by atoms with Crippen molar-refractivity contribution in [2.45, 2.75) is 31.0 Å². The molecule has 0 aliphatic carbocycles. The third-order valence-corrected chi connectivity index (χ3v) is 3.70. The highest BCUT2D eigenvalue weighted by Crippen LogP contribution is 2.10. The van der Waals surface area contributed by atoms with E-state index in [1.54, 1.807) is 0 Å². The molecule has 0 bridgehead atoms. The minimum Gasteiger partial charge on any atom is -0.394 e. The monoisotopic (exact) mass is 374 g/mol. The van der Waals surface area contributed by atoms with Crippen LogP contribution in [0.15, 0.2) is 14.4 Å². The summed E-state index contributed by atoms with van der Waals surface area (Å²) in [6.45, 7) is -2.47. The van der Waals surface area contributed by atoms with Gasteiger partial charge in [-0.2, -0.15) is 0 Å². The van der Waals surface area contributed by atoms with Crippen molar-refractivity contribution < 1.29 is 30.6 Å². The van der Waals surface area contributed by atoms with Crippen LogP contribution in [0.25, 0.3) is 11.2 Å². The highest BCUT2D eigenvalue weighted by atomic mass is 16.4. The predicted molar refractivity (Wildman–Crippen MR) is 84.4 cm³/mol. The number of H-pyrrole nitrogens is 2. The normalized spacial score (nSPS) is 16.4. The molecule has 0 radical (unpaired) electrons. The number of hydrogen-bond donors (Lipinski definition) is 8. The number of nitrogens with zero attached hydrogens (tertiary/aromatic N) is 2. The van der Waals surface area contributed by atoms with Gasteiger partial charge in [0.15, 0.2) is 5.52 Å². The van der Waals surface area contributed by atoms with Gasteiger partial charge in [0, 0.05) is 0 Å². The van der Waals surface area contributed by atoms with Gasteiger partial charge in [-0.1, -0.05) is 0 Å². The molecule has 26 heavy (non-hydrogen) atoms. The summed E-state index contributed by atoms with van der Waals surface area (Å²) in [5.41, 5.74) is -4.50. The van der Waals surface area contributed by atoms with E-state index in [9.17, 15) is 34.8 Å². The highest BCUT2D eigenvalue weighted by molar-refractivity contribution is 5.68. The van der Waals surface area contributed by atoms with Gasteiger partial charge >= 0.3 is 5.69 Å². The number of aliphatic hydroxyl groups is 6. The SMILES string of the molecule is O=c1[nH]c(=O)c2nc(C(O)CO)c(=O)n(CC(O)C(O)C(O)CO)c2[nH]1. The van der Waals surface area contributed by atoms with Crippen molar-refractivity contribution in [3.05, 3.63) is 36.9 Å². The number of nitrogens with one attached hydrogen (secondary N) is 2. The maximum atomic E-state index is 12.5. The number of fused-ring (bicyclic) bond motifs is 1. The number of hydrogen-bond acceptors (Lipinski definition) is 10. The quantitative estimate of drug-likeness (QED) is 0.230. The first-order valence-electron chi connectivity index (χ1n) is 7.42. The van der Waals surface area contributed by atoms with Crippen LogP contribution in [0.4, 0.5) is 0 Å². The van der Waals surface area contributed by atoms with E-state index in [1.807, 2.05) is 4.98 Å². The summed E-state index contributed by atoms with van der Waals surface area (Å²) >= 11 is 0. The Hall–Kier alpha value is -2.42. The zero-order valence-corrected chi connectivity index (χ0v) is 13.2. The van der Waals surface area contributed by atoms with Crippen molar-refractivity contribution in [3.63, 3.8) is 0 Å². The molecule has 0 aliphatic rings. The Balaban J connectivity index is 2.69. The number of aliphatic hydroxyl groups excluding tert-OH is 6. The standard InChI is InChI=1S/C13H18N4O9/c18-2-5(21)7-12(25)17(1-4(20)9(23)6(22)3-19)10-8(14-7)11(24)16-13(26)15-10/h4-6,9,18-23H,1-3H2,(H2,15,16,24,26). The summed E-state index contributed by atoms with van der Waals surface area (Å²) in [4.78, 5) is 43.6. The lowest BCUT2D eigenvalue weighted by Crippen LogP contribution is -2.44. The lowest BCUT2D eigenvalue weighted by molar-refractivity contribution is -0.0806. The molecule has 144 valence electrons. The van der Waals surface area contributed by atoms with E-state index in [-0.39, 0.29) is 0 Å². The van der Waals surface area contributed by atoms with Crippen LogP contribution in [0.5, 0.6) is 0 Å². The molecular weight excluding hydrogens is 356 g/mol. The minimum absolute atomic E-state index is 0.401. The van der Waals surface area contributed by atoms with Crippen LogP contribution in [-0.4, -0.2) is 81.7 Å². The maximum Gasteiger partial charge on any atom is 0.327 e. The Morgan fingerprint density at radius 3 is 2.19 bits per heavy atom. The number of rotatable bonds is 7. The molecule has 13 nitrogen and oxygen atoms in total. The van der Waals surface area contributed by atoms with E-state index >= 15 is 0 Å². The fourth-order valence-corrected chi connectivity index (χ4v) is 2.31. The van der Waals surface area contributed by atoms with Gasteiger partial charge in [-0.15, -0.1) is 0 Å². The third kappa shape index (κ3) is 3.72. The van der Waals surface area contributed by atoms with Crippen LogP contribution >= 0.6 is 0 Å². The van der Waals surface area contributed by atoms with Gasteiger partial charge in [-0.3, -0.25) is 24.1 Å². The molecule has 2 rings (SSSR count). The van der Waals surface area contributed by atoms with Gasteiger partial charge in [0.25, 0.3) is 11.1 Å². The second kappa shape index (κ2) is 7.86. The van der Waals surface area contributed by atoms with Crippen LogP contribution in [0.1, 0.15) is 11.8 Å². The van der Waals surface area contributed by atoms with E-state index in [0.717, 1.165) is 0 Å². The molecule has 0 saturated carbocycles. The largest absolute Gasteiger partial charge is 0.394 e. The lowest BCUT2D eigenvalue weighted by Gasteiger charge is -2.23. The van der Waals surface area contributed by atoms with Crippen LogP contribution in [0, 0.1) is 0 Å². The summed E-state index contributed by atoms with van der Waals surface area (Å²) in [5.74, 6) is 0. The molecule has 2 aromatic rings. The summed E-state index contributed by atoms with van der Waals surface area (Å²) in [5, 5.41) is 56.7. The summed E-state index contributed by atoms with van der Waals surface area (Å²) in [6, 6.07) is 0. The first-order valence-corrected chi connectivity index (χ1v) is 7.42. The molecule has 4 unspecified atom stereocenters. The van der Waals surface area contributed by atoms with E-state index in [4.69, 9.17) is 10.2 Å². The smallest absolute Gasteiger partial charge is 0.327 e. The Bertz CT molecular complexity index is 949. The average Bonchev–Trinajstić information content (AvgIpc) is 2.61.